The average molecular weight is 670 g/mol. The number of nitrogens with one attached hydrogen (secondary N) is 2. The van der Waals surface area contributed by atoms with Crippen LogP contribution in [0.4, 0.5) is 0 Å². The Morgan fingerprint density at radius 2 is 1.31 bits per heavy atom. The summed E-state index contributed by atoms with van der Waals surface area (Å²) in [5.41, 5.74) is -0.570. The zero-order chi connectivity index (χ0) is 35.6. The van der Waals surface area contributed by atoms with Crippen LogP contribution in [0.1, 0.15) is 84.1 Å². The van der Waals surface area contributed by atoms with Crippen molar-refractivity contribution in [1.82, 2.24) is 15.5 Å². The maximum Gasteiger partial charge on any atom is 0.286 e. The lowest BCUT2D eigenvalue weighted by molar-refractivity contribution is -0.133. The van der Waals surface area contributed by atoms with Crippen LogP contribution in [-0.4, -0.2) is 54.6 Å². The molecule has 0 saturated heterocycles. The summed E-state index contributed by atoms with van der Waals surface area (Å²) in [5.74, 6) is -0.994. The van der Waals surface area contributed by atoms with Crippen LogP contribution in [0.25, 0.3) is 0 Å². The van der Waals surface area contributed by atoms with Gasteiger partial charge in [0.2, 0.25) is 17.6 Å². The number of ketones is 1. The first-order chi connectivity index (χ1) is 23.8. The fourth-order valence-electron chi connectivity index (χ4n) is 4.88. The molecule has 0 radical (unpaired) electrons. The van der Waals surface area contributed by atoms with Gasteiger partial charge in [0.1, 0.15) is 0 Å². The highest BCUT2D eigenvalue weighted by atomic mass is 16.5. The van der Waals surface area contributed by atoms with Crippen LogP contribution >= 0.6 is 0 Å². The number of amides is 3. The fraction of sp³-hybridized carbons (Fsp3) is 0.415. The van der Waals surface area contributed by atoms with Crippen molar-refractivity contribution in [3.8, 4) is 0 Å². The highest BCUT2D eigenvalue weighted by Crippen LogP contribution is 2.34. The van der Waals surface area contributed by atoms with Crippen LogP contribution in [0.15, 0.2) is 115 Å². The molecule has 1 aromatic rings. The van der Waals surface area contributed by atoms with Crippen molar-refractivity contribution in [1.29, 1.82) is 0 Å². The Morgan fingerprint density at radius 3 is 1.86 bits per heavy atom. The van der Waals surface area contributed by atoms with E-state index in [-0.39, 0.29) is 29.9 Å². The Labute approximate surface area is 293 Å². The molecule has 0 aliphatic carbocycles. The Kier molecular flexibility index (Phi) is 20.2. The van der Waals surface area contributed by atoms with E-state index in [4.69, 9.17) is 4.74 Å². The summed E-state index contributed by atoms with van der Waals surface area (Å²) < 4.78 is 5.77. The van der Waals surface area contributed by atoms with Gasteiger partial charge in [-0.05, 0) is 58.3 Å². The van der Waals surface area contributed by atoms with E-state index in [0.717, 1.165) is 38.5 Å². The molecule has 1 atom stereocenters. The van der Waals surface area contributed by atoms with Crippen molar-refractivity contribution in [3.63, 3.8) is 0 Å². The van der Waals surface area contributed by atoms with Crippen molar-refractivity contribution in [3.05, 3.63) is 121 Å². The van der Waals surface area contributed by atoms with Gasteiger partial charge >= 0.3 is 0 Å². The molecule has 49 heavy (non-hydrogen) atoms. The second-order valence-corrected chi connectivity index (χ2v) is 11.8. The second-order valence-electron chi connectivity index (χ2n) is 11.8. The number of carbonyl (C=O) groups excluding carboxylic acids is 4. The smallest absolute Gasteiger partial charge is 0.286 e. The zero-order valence-electron chi connectivity index (χ0n) is 29.6. The molecule has 0 saturated carbocycles. The Balaban J connectivity index is 1.51. The monoisotopic (exact) mass is 669 g/mol. The maximum atomic E-state index is 12.6. The number of benzene rings is 1. The molecule has 1 aliphatic rings. The van der Waals surface area contributed by atoms with Gasteiger partial charge in [0.05, 0.1) is 0 Å². The third kappa shape index (κ3) is 16.8. The van der Waals surface area contributed by atoms with Gasteiger partial charge in [-0.3, -0.25) is 19.2 Å². The largest absolute Gasteiger partial charge is 0.469 e. The SMILES string of the molecule is CC/C=C\C/C=C\C/C=C\C/C=C\C/C=C\C/C=C\CCC(=O)NCCCN(CCNC(=O)C1=CC(=O)C(C)(c2ccccc2)O1)C(C)=O. The van der Waals surface area contributed by atoms with E-state index < -0.39 is 11.5 Å². The molecule has 264 valence electrons. The average Bonchev–Trinajstić information content (AvgIpc) is 3.41. The summed E-state index contributed by atoms with van der Waals surface area (Å²) in [6.07, 6.45) is 34.5. The molecular formula is C41H55N3O5. The van der Waals surface area contributed by atoms with Gasteiger partial charge in [-0.15, -0.1) is 0 Å². The lowest BCUT2D eigenvalue weighted by Crippen LogP contribution is -2.39. The highest BCUT2D eigenvalue weighted by molar-refractivity contribution is 6.07. The van der Waals surface area contributed by atoms with Gasteiger partial charge < -0.3 is 20.3 Å². The van der Waals surface area contributed by atoms with Gasteiger partial charge in [0.25, 0.3) is 5.91 Å². The molecule has 0 spiro atoms. The van der Waals surface area contributed by atoms with Crippen LogP contribution in [0.2, 0.25) is 0 Å². The third-order valence-electron chi connectivity index (χ3n) is 7.77. The lowest BCUT2D eigenvalue weighted by atomic mass is 9.92. The molecule has 8 nitrogen and oxygen atoms in total. The minimum absolute atomic E-state index is 0.0249. The highest BCUT2D eigenvalue weighted by Gasteiger charge is 2.43. The molecule has 0 aromatic heterocycles. The molecule has 1 unspecified atom stereocenters. The number of hydrogen-bond acceptors (Lipinski definition) is 5. The van der Waals surface area contributed by atoms with E-state index >= 15 is 0 Å². The van der Waals surface area contributed by atoms with Crippen LogP contribution in [0.5, 0.6) is 0 Å². The topological polar surface area (TPSA) is 105 Å². The number of carbonyl (C=O) groups is 4. The van der Waals surface area contributed by atoms with E-state index in [2.05, 4.69) is 84.4 Å². The van der Waals surface area contributed by atoms with Gasteiger partial charge in [-0.1, -0.05) is 110 Å². The van der Waals surface area contributed by atoms with Gasteiger partial charge in [0.15, 0.2) is 11.4 Å². The quantitative estimate of drug-likeness (QED) is 0.0938. The van der Waals surface area contributed by atoms with Crippen molar-refractivity contribution in [2.24, 2.45) is 0 Å². The molecule has 8 heteroatoms. The Hall–Kier alpha value is -4.72. The Bertz CT molecular complexity index is 1390. The van der Waals surface area contributed by atoms with E-state index in [1.807, 2.05) is 24.3 Å². The minimum Gasteiger partial charge on any atom is -0.469 e. The van der Waals surface area contributed by atoms with Crippen molar-refractivity contribution >= 4 is 23.5 Å². The summed E-state index contributed by atoms with van der Waals surface area (Å²) in [4.78, 5) is 51.2. The van der Waals surface area contributed by atoms with Gasteiger partial charge in [-0.25, -0.2) is 0 Å². The van der Waals surface area contributed by atoms with E-state index in [0.29, 0.717) is 44.5 Å². The van der Waals surface area contributed by atoms with Gasteiger partial charge in [-0.2, -0.15) is 0 Å². The summed E-state index contributed by atoms with van der Waals surface area (Å²) in [6, 6.07) is 9.03. The molecule has 2 N–H and O–H groups in total. The van der Waals surface area contributed by atoms with Crippen LogP contribution in [0.3, 0.4) is 0 Å². The minimum atomic E-state index is -1.24. The van der Waals surface area contributed by atoms with Crippen LogP contribution in [-0.2, 0) is 29.5 Å². The molecule has 1 heterocycles. The Morgan fingerprint density at radius 1 is 0.755 bits per heavy atom. The van der Waals surface area contributed by atoms with Crippen LogP contribution < -0.4 is 10.6 Å². The van der Waals surface area contributed by atoms with Crippen LogP contribution in [0, 0.1) is 0 Å². The normalized spacial score (nSPS) is 16.5. The fourth-order valence-corrected chi connectivity index (χ4v) is 4.88. The number of rotatable bonds is 23. The van der Waals surface area contributed by atoms with E-state index in [1.165, 1.54) is 13.0 Å². The second kappa shape index (κ2) is 24.4. The van der Waals surface area contributed by atoms with Crippen molar-refractivity contribution in [2.45, 2.75) is 84.2 Å². The zero-order valence-corrected chi connectivity index (χ0v) is 29.6. The number of ether oxygens (including phenoxy) is 1. The first kappa shape index (κ1) is 40.5. The summed E-state index contributed by atoms with van der Waals surface area (Å²) in [6.45, 7) is 6.66. The molecule has 0 fully saturated rings. The summed E-state index contributed by atoms with van der Waals surface area (Å²) in [7, 11) is 0. The molecule has 1 aromatic carbocycles. The predicted molar refractivity (Wildman–Crippen MR) is 198 cm³/mol. The third-order valence-corrected chi connectivity index (χ3v) is 7.77. The molecule has 2 rings (SSSR count). The van der Waals surface area contributed by atoms with E-state index in [1.54, 1.807) is 24.0 Å². The maximum absolute atomic E-state index is 12.6. The molecule has 1 aliphatic heterocycles. The predicted octanol–water partition coefficient (Wildman–Crippen LogP) is 7.33. The summed E-state index contributed by atoms with van der Waals surface area (Å²) in [5, 5.41) is 5.63. The summed E-state index contributed by atoms with van der Waals surface area (Å²) >= 11 is 0. The van der Waals surface area contributed by atoms with Gasteiger partial charge in [0, 0.05) is 51.2 Å². The first-order valence-electron chi connectivity index (χ1n) is 17.5. The van der Waals surface area contributed by atoms with Crippen molar-refractivity contribution < 1.29 is 23.9 Å². The standard InChI is InChI=1S/C41H55N3O5/c1-4-5-6-7-8-9-10-11-12-13-14-15-16-17-18-19-20-21-25-29-39(47)42-30-26-32-44(35(2)45)33-31-43-40(48)37-34-38(46)41(3,49-37)36-27-23-22-24-28-36/h5-6,8-9,11-12,14-15,17-18,20-24,27-28,34H,4,7,10,13,16,19,25-26,29-33H2,1-3H3,(H,42,47)(H,43,48)/b6-5-,9-8-,12-11-,15-14-,18-17-,21-20-. The van der Waals surface area contributed by atoms with E-state index in [9.17, 15) is 19.2 Å². The lowest BCUT2D eigenvalue weighted by Gasteiger charge is -2.24. The molecule has 3 amide bonds. The number of nitrogens with zero attached hydrogens (tertiary/aromatic N) is 1. The number of hydrogen-bond donors (Lipinski definition) is 2. The first-order valence-corrected chi connectivity index (χ1v) is 17.5. The number of allylic oxidation sites excluding steroid dienone is 12. The molecule has 0 bridgehead atoms. The molecular weight excluding hydrogens is 614 g/mol. The van der Waals surface area contributed by atoms with Crippen molar-refractivity contribution in [2.75, 3.05) is 26.2 Å².